The van der Waals surface area contributed by atoms with Gasteiger partial charge < -0.3 is 0 Å². The minimum atomic E-state index is -0.394. The summed E-state index contributed by atoms with van der Waals surface area (Å²) in [7, 11) is 0. The maximum Gasteiger partial charge on any atom is 0.252 e. The number of amides is 1. The van der Waals surface area contributed by atoms with E-state index in [-0.39, 0.29) is 5.91 Å². The summed E-state index contributed by atoms with van der Waals surface area (Å²) in [6.07, 6.45) is 1.77. The second-order valence-corrected chi connectivity index (χ2v) is 6.40. The molecular formula is C24H24N2O. The van der Waals surface area contributed by atoms with Crippen molar-refractivity contribution in [1.82, 2.24) is 5.43 Å². The van der Waals surface area contributed by atoms with Gasteiger partial charge in [0.25, 0.3) is 5.91 Å². The van der Waals surface area contributed by atoms with Crippen LogP contribution in [0.5, 0.6) is 0 Å². The van der Waals surface area contributed by atoms with Crippen LogP contribution in [-0.4, -0.2) is 11.6 Å². The van der Waals surface area contributed by atoms with Crippen molar-refractivity contribution < 1.29 is 4.79 Å². The Labute approximate surface area is 160 Å². The van der Waals surface area contributed by atoms with Crippen molar-refractivity contribution in [3.8, 4) is 0 Å². The first-order valence-electron chi connectivity index (χ1n) is 9.31. The minimum Gasteiger partial charge on any atom is -0.272 e. The summed E-state index contributed by atoms with van der Waals surface area (Å²) in [6, 6.07) is 29.6. The second-order valence-electron chi connectivity index (χ2n) is 6.40. The van der Waals surface area contributed by atoms with E-state index < -0.39 is 5.92 Å². The highest BCUT2D eigenvalue weighted by molar-refractivity contribution is 6.01. The molecule has 0 aliphatic rings. The van der Waals surface area contributed by atoms with Gasteiger partial charge in [0.05, 0.1) is 11.6 Å². The molecule has 0 radical (unpaired) electrons. The molecule has 0 atom stereocenters. The molecule has 0 aliphatic heterocycles. The summed E-state index contributed by atoms with van der Waals surface area (Å²) in [5.74, 6) is -0.522. The molecule has 3 rings (SSSR count). The first-order valence-corrected chi connectivity index (χ1v) is 9.31. The second kappa shape index (κ2) is 9.48. The molecule has 136 valence electrons. The number of carbonyl (C=O) groups excluding carboxylic acids is 1. The van der Waals surface area contributed by atoms with E-state index in [4.69, 9.17) is 0 Å². The highest BCUT2D eigenvalue weighted by Crippen LogP contribution is 2.24. The van der Waals surface area contributed by atoms with Crippen molar-refractivity contribution in [1.29, 1.82) is 0 Å². The number of hydrazone groups is 1. The Kier molecular flexibility index (Phi) is 6.53. The monoisotopic (exact) mass is 356 g/mol. The highest BCUT2D eigenvalue weighted by atomic mass is 16.2. The maximum absolute atomic E-state index is 13.1. The van der Waals surface area contributed by atoms with Gasteiger partial charge in [0, 0.05) is 0 Å². The van der Waals surface area contributed by atoms with Gasteiger partial charge in [0.1, 0.15) is 0 Å². The number of carbonyl (C=O) groups is 1. The number of nitrogens with one attached hydrogen (secondary N) is 1. The molecule has 0 bridgehead atoms. The summed E-state index contributed by atoms with van der Waals surface area (Å²) in [6.45, 7) is 2.11. The molecule has 27 heavy (non-hydrogen) atoms. The molecular weight excluding hydrogens is 332 g/mol. The minimum absolute atomic E-state index is 0.128. The van der Waals surface area contributed by atoms with E-state index in [1.165, 1.54) is 0 Å². The Balaban J connectivity index is 1.88. The van der Waals surface area contributed by atoms with E-state index in [0.29, 0.717) is 0 Å². The Morgan fingerprint density at radius 1 is 0.815 bits per heavy atom. The maximum atomic E-state index is 13.1. The van der Waals surface area contributed by atoms with Crippen molar-refractivity contribution in [2.45, 2.75) is 25.7 Å². The molecule has 3 aromatic carbocycles. The lowest BCUT2D eigenvalue weighted by Crippen LogP contribution is -2.27. The van der Waals surface area contributed by atoms with Crippen LogP contribution < -0.4 is 5.43 Å². The molecule has 0 aliphatic carbocycles. The third kappa shape index (κ3) is 4.91. The number of benzene rings is 3. The Hall–Kier alpha value is -3.20. The smallest absolute Gasteiger partial charge is 0.252 e. The molecule has 0 heterocycles. The normalized spacial score (nSPS) is 11.4. The largest absolute Gasteiger partial charge is 0.272 e. The van der Waals surface area contributed by atoms with Gasteiger partial charge in [0.2, 0.25) is 0 Å². The van der Waals surface area contributed by atoms with Crippen molar-refractivity contribution in [3.63, 3.8) is 0 Å². The molecule has 0 saturated carbocycles. The van der Waals surface area contributed by atoms with Crippen molar-refractivity contribution >= 4 is 11.6 Å². The van der Waals surface area contributed by atoms with E-state index in [1.54, 1.807) is 0 Å². The van der Waals surface area contributed by atoms with Crippen molar-refractivity contribution in [3.05, 3.63) is 108 Å². The highest BCUT2D eigenvalue weighted by Gasteiger charge is 2.22. The number of hydrogen-bond donors (Lipinski definition) is 1. The third-order valence-corrected chi connectivity index (χ3v) is 4.42. The van der Waals surface area contributed by atoms with E-state index in [1.807, 2.05) is 91.0 Å². The SMILES string of the molecule is CCC/C(=N\NC(=O)C(c1ccccc1)c1ccccc1)c1ccccc1. The van der Waals surface area contributed by atoms with Crippen LogP contribution in [-0.2, 0) is 4.79 Å². The fraction of sp³-hybridized carbons (Fsp3) is 0.167. The zero-order valence-corrected chi connectivity index (χ0v) is 15.5. The Morgan fingerprint density at radius 2 is 1.30 bits per heavy atom. The molecule has 0 spiro atoms. The van der Waals surface area contributed by atoms with Gasteiger partial charge in [-0.2, -0.15) is 5.10 Å². The van der Waals surface area contributed by atoms with Crippen LogP contribution in [0.2, 0.25) is 0 Å². The lowest BCUT2D eigenvalue weighted by atomic mass is 9.91. The summed E-state index contributed by atoms with van der Waals surface area (Å²) in [5, 5.41) is 4.47. The van der Waals surface area contributed by atoms with Crippen LogP contribution >= 0.6 is 0 Å². The molecule has 0 aromatic heterocycles. The predicted molar refractivity (Wildman–Crippen MR) is 111 cm³/mol. The third-order valence-electron chi connectivity index (χ3n) is 4.42. The standard InChI is InChI=1S/C24H24N2O/c1-2-12-22(19-13-6-3-7-14-19)25-26-24(27)23(20-15-8-4-9-16-20)21-17-10-5-11-18-21/h3-11,13-18,23H,2,12H2,1H3,(H,26,27)/b25-22+. The fourth-order valence-corrected chi connectivity index (χ4v) is 3.11. The van der Waals surface area contributed by atoms with Gasteiger partial charge in [-0.25, -0.2) is 5.43 Å². The van der Waals surface area contributed by atoms with Crippen LogP contribution in [0.25, 0.3) is 0 Å². The van der Waals surface area contributed by atoms with Gasteiger partial charge in [-0.05, 0) is 23.1 Å². The zero-order chi connectivity index (χ0) is 18.9. The Bertz CT molecular complexity index is 835. The summed E-state index contributed by atoms with van der Waals surface area (Å²) >= 11 is 0. The summed E-state index contributed by atoms with van der Waals surface area (Å²) in [5.41, 5.74) is 6.65. The van der Waals surface area contributed by atoms with Gasteiger partial charge in [-0.15, -0.1) is 0 Å². The number of rotatable bonds is 7. The average Bonchev–Trinajstić information content (AvgIpc) is 2.73. The summed E-state index contributed by atoms with van der Waals surface area (Å²) < 4.78 is 0. The van der Waals surface area contributed by atoms with Gasteiger partial charge in [-0.1, -0.05) is 104 Å². The van der Waals surface area contributed by atoms with Crippen molar-refractivity contribution in [2.24, 2.45) is 5.10 Å². The van der Waals surface area contributed by atoms with Crippen molar-refractivity contribution in [2.75, 3.05) is 0 Å². The molecule has 1 N–H and O–H groups in total. The first kappa shape index (κ1) is 18.6. The molecule has 3 nitrogen and oxygen atoms in total. The van der Waals surface area contributed by atoms with E-state index in [9.17, 15) is 4.79 Å². The first-order chi connectivity index (χ1) is 13.3. The average molecular weight is 356 g/mol. The topological polar surface area (TPSA) is 41.5 Å². The van der Waals surface area contributed by atoms with Crippen LogP contribution in [0.3, 0.4) is 0 Å². The Morgan fingerprint density at radius 3 is 1.78 bits per heavy atom. The van der Waals surface area contributed by atoms with Crippen LogP contribution in [0, 0.1) is 0 Å². The molecule has 0 saturated heterocycles. The lowest BCUT2D eigenvalue weighted by molar-refractivity contribution is -0.121. The molecule has 3 heteroatoms. The molecule has 0 unspecified atom stereocenters. The van der Waals surface area contributed by atoms with Gasteiger partial charge >= 0.3 is 0 Å². The van der Waals surface area contributed by atoms with E-state index >= 15 is 0 Å². The van der Waals surface area contributed by atoms with E-state index in [0.717, 1.165) is 35.2 Å². The number of nitrogens with zero attached hydrogens (tertiary/aromatic N) is 1. The molecule has 3 aromatic rings. The number of hydrogen-bond acceptors (Lipinski definition) is 2. The fourth-order valence-electron chi connectivity index (χ4n) is 3.11. The van der Waals surface area contributed by atoms with Crippen LogP contribution in [0.1, 0.15) is 42.4 Å². The lowest BCUT2D eigenvalue weighted by Gasteiger charge is -2.17. The van der Waals surface area contributed by atoms with Crippen LogP contribution in [0.4, 0.5) is 0 Å². The molecule has 0 fully saturated rings. The van der Waals surface area contributed by atoms with Crippen LogP contribution in [0.15, 0.2) is 96.1 Å². The van der Waals surface area contributed by atoms with Gasteiger partial charge in [0.15, 0.2) is 0 Å². The zero-order valence-electron chi connectivity index (χ0n) is 15.5. The molecule has 1 amide bonds. The van der Waals surface area contributed by atoms with E-state index in [2.05, 4.69) is 17.5 Å². The van der Waals surface area contributed by atoms with Gasteiger partial charge in [-0.3, -0.25) is 4.79 Å². The predicted octanol–water partition coefficient (Wildman–Crippen LogP) is 5.14. The summed E-state index contributed by atoms with van der Waals surface area (Å²) in [4.78, 5) is 13.1. The quantitative estimate of drug-likeness (QED) is 0.462.